The van der Waals surface area contributed by atoms with E-state index in [4.69, 9.17) is 9.72 Å². The van der Waals surface area contributed by atoms with Crippen LogP contribution in [0.15, 0.2) is 41.2 Å². The van der Waals surface area contributed by atoms with Crippen LogP contribution in [-0.2, 0) is 11.2 Å². The minimum Gasteiger partial charge on any atom is -0.375 e. The summed E-state index contributed by atoms with van der Waals surface area (Å²) < 4.78 is 5.65. The lowest BCUT2D eigenvalue weighted by atomic mass is 9.94. The highest BCUT2D eigenvalue weighted by molar-refractivity contribution is 5.45. The van der Waals surface area contributed by atoms with Crippen LogP contribution in [0.4, 0.5) is 11.8 Å². The molecular weight excluding hydrogens is 364 g/mol. The van der Waals surface area contributed by atoms with E-state index in [9.17, 15) is 4.79 Å². The van der Waals surface area contributed by atoms with Crippen LogP contribution in [0.3, 0.4) is 0 Å². The number of H-pyrrole nitrogens is 1. The molecule has 0 amide bonds. The first kappa shape index (κ1) is 20.0. The van der Waals surface area contributed by atoms with E-state index in [-0.39, 0.29) is 11.7 Å². The number of ether oxygens (including phenoxy) is 1. The first-order chi connectivity index (χ1) is 14.1. The molecule has 2 aliphatic rings. The molecule has 1 aromatic carbocycles. The molecule has 2 fully saturated rings. The third kappa shape index (κ3) is 4.99. The second kappa shape index (κ2) is 8.99. The summed E-state index contributed by atoms with van der Waals surface area (Å²) in [5.74, 6) is 2.14. The van der Waals surface area contributed by atoms with Crippen LogP contribution in [-0.4, -0.2) is 48.4 Å². The van der Waals surface area contributed by atoms with Crippen molar-refractivity contribution in [3.05, 3.63) is 52.3 Å². The van der Waals surface area contributed by atoms with Crippen molar-refractivity contribution in [2.45, 2.75) is 51.7 Å². The van der Waals surface area contributed by atoms with Crippen molar-refractivity contribution in [2.24, 2.45) is 5.92 Å². The third-order valence-electron chi connectivity index (χ3n) is 6.08. The standard InChI is InChI=1S/C23H32N4O2/c1-17-7-6-10-27(20(13-17)14-19-8-4-3-5-9-19)23-24-21(15-22(28)25-23)26-11-12-29-18(2)16-26/h3-5,8-9,15,17-18,20H,6-7,10-14,16H2,1-2H3,(H,24,25,28)/t17-,18-,20+/m1/s1. The lowest BCUT2D eigenvalue weighted by molar-refractivity contribution is 0.0529. The molecule has 0 bridgehead atoms. The Morgan fingerprint density at radius 2 is 2.03 bits per heavy atom. The molecule has 1 aromatic heterocycles. The fourth-order valence-electron chi connectivity index (χ4n) is 4.62. The van der Waals surface area contributed by atoms with Crippen molar-refractivity contribution in [1.82, 2.24) is 9.97 Å². The molecule has 0 aliphatic carbocycles. The van der Waals surface area contributed by atoms with Crippen LogP contribution in [0.2, 0.25) is 0 Å². The lowest BCUT2D eigenvalue weighted by Gasteiger charge is -2.34. The van der Waals surface area contributed by atoms with Crippen LogP contribution in [0, 0.1) is 5.92 Å². The lowest BCUT2D eigenvalue weighted by Crippen LogP contribution is -2.43. The molecule has 2 aromatic rings. The summed E-state index contributed by atoms with van der Waals surface area (Å²) in [6.45, 7) is 7.53. The van der Waals surface area contributed by atoms with Gasteiger partial charge in [-0.2, -0.15) is 4.98 Å². The summed E-state index contributed by atoms with van der Waals surface area (Å²) >= 11 is 0. The summed E-state index contributed by atoms with van der Waals surface area (Å²) in [4.78, 5) is 25.0. The third-order valence-corrected chi connectivity index (χ3v) is 6.08. The van der Waals surface area contributed by atoms with Crippen LogP contribution in [0.25, 0.3) is 0 Å². The smallest absolute Gasteiger partial charge is 0.254 e. The molecule has 156 valence electrons. The SMILES string of the molecule is C[C@@H]1CCCN(c2nc(N3CCO[C@H](C)C3)cc(=O)[nH]2)[C@H](Cc2ccccc2)C1. The van der Waals surface area contributed by atoms with Gasteiger partial charge in [-0.15, -0.1) is 0 Å². The number of aromatic nitrogens is 2. The van der Waals surface area contributed by atoms with Crippen molar-refractivity contribution >= 4 is 11.8 Å². The van der Waals surface area contributed by atoms with Gasteiger partial charge in [0.15, 0.2) is 0 Å². The Bertz CT molecular complexity index is 853. The highest BCUT2D eigenvalue weighted by Crippen LogP contribution is 2.28. The largest absolute Gasteiger partial charge is 0.375 e. The van der Waals surface area contributed by atoms with Gasteiger partial charge in [-0.1, -0.05) is 37.3 Å². The molecule has 2 aliphatic heterocycles. The van der Waals surface area contributed by atoms with E-state index in [1.165, 1.54) is 12.0 Å². The molecule has 2 saturated heterocycles. The molecule has 6 heteroatoms. The van der Waals surface area contributed by atoms with Gasteiger partial charge in [-0.25, -0.2) is 0 Å². The molecule has 1 N–H and O–H groups in total. The van der Waals surface area contributed by atoms with Gasteiger partial charge in [0.1, 0.15) is 5.82 Å². The quantitative estimate of drug-likeness (QED) is 0.860. The maximum absolute atomic E-state index is 12.5. The van der Waals surface area contributed by atoms with E-state index in [0.717, 1.165) is 44.7 Å². The molecular formula is C23H32N4O2. The maximum atomic E-state index is 12.5. The van der Waals surface area contributed by atoms with E-state index < -0.39 is 0 Å². The fourth-order valence-corrected chi connectivity index (χ4v) is 4.62. The number of nitrogens with one attached hydrogen (secondary N) is 1. The Kier molecular flexibility index (Phi) is 6.19. The fraction of sp³-hybridized carbons (Fsp3) is 0.565. The Morgan fingerprint density at radius 1 is 1.21 bits per heavy atom. The predicted molar refractivity (Wildman–Crippen MR) is 117 cm³/mol. The average Bonchev–Trinajstić information content (AvgIpc) is 2.89. The van der Waals surface area contributed by atoms with Gasteiger partial charge in [-0.05, 0) is 44.1 Å². The molecule has 0 radical (unpaired) electrons. The molecule has 6 nitrogen and oxygen atoms in total. The molecule has 3 heterocycles. The molecule has 0 unspecified atom stereocenters. The Morgan fingerprint density at radius 3 is 2.83 bits per heavy atom. The van der Waals surface area contributed by atoms with E-state index in [1.54, 1.807) is 6.07 Å². The van der Waals surface area contributed by atoms with E-state index in [0.29, 0.717) is 24.5 Å². The van der Waals surface area contributed by atoms with Gasteiger partial charge >= 0.3 is 0 Å². The first-order valence-corrected chi connectivity index (χ1v) is 10.9. The van der Waals surface area contributed by atoms with E-state index in [1.807, 2.05) is 0 Å². The number of aromatic amines is 1. The second-order valence-corrected chi connectivity index (χ2v) is 8.57. The first-order valence-electron chi connectivity index (χ1n) is 10.9. The van der Waals surface area contributed by atoms with E-state index in [2.05, 4.69) is 59.0 Å². The number of hydrogen-bond acceptors (Lipinski definition) is 5. The molecule has 29 heavy (non-hydrogen) atoms. The number of anilines is 2. The zero-order valence-corrected chi connectivity index (χ0v) is 17.5. The van der Waals surface area contributed by atoms with Crippen molar-refractivity contribution < 1.29 is 4.74 Å². The molecule has 4 rings (SSSR count). The summed E-state index contributed by atoms with van der Waals surface area (Å²) in [6, 6.07) is 12.6. The molecule has 0 saturated carbocycles. The number of morpholine rings is 1. The van der Waals surface area contributed by atoms with Crippen molar-refractivity contribution in [3.63, 3.8) is 0 Å². The molecule has 3 atom stereocenters. The summed E-state index contributed by atoms with van der Waals surface area (Å²) in [6.07, 6.45) is 4.56. The summed E-state index contributed by atoms with van der Waals surface area (Å²) in [5.41, 5.74) is 1.25. The highest BCUT2D eigenvalue weighted by Gasteiger charge is 2.27. The second-order valence-electron chi connectivity index (χ2n) is 8.57. The Labute approximate surface area is 172 Å². The van der Waals surface area contributed by atoms with Crippen LogP contribution in [0.5, 0.6) is 0 Å². The Balaban J connectivity index is 1.63. The van der Waals surface area contributed by atoms with Crippen LogP contribution >= 0.6 is 0 Å². The van der Waals surface area contributed by atoms with Crippen LogP contribution < -0.4 is 15.4 Å². The maximum Gasteiger partial charge on any atom is 0.254 e. The minimum absolute atomic E-state index is 0.0834. The zero-order chi connectivity index (χ0) is 20.2. The molecule has 0 spiro atoms. The Hall–Kier alpha value is -2.34. The van der Waals surface area contributed by atoms with Gasteiger partial charge in [0.2, 0.25) is 5.95 Å². The monoisotopic (exact) mass is 396 g/mol. The average molecular weight is 397 g/mol. The van der Waals surface area contributed by atoms with Gasteiger partial charge in [-0.3, -0.25) is 9.78 Å². The summed E-state index contributed by atoms with van der Waals surface area (Å²) in [5, 5.41) is 0. The van der Waals surface area contributed by atoms with Crippen molar-refractivity contribution in [3.8, 4) is 0 Å². The zero-order valence-electron chi connectivity index (χ0n) is 17.5. The van der Waals surface area contributed by atoms with Gasteiger partial charge in [0, 0.05) is 31.7 Å². The highest BCUT2D eigenvalue weighted by atomic mass is 16.5. The number of rotatable bonds is 4. The van der Waals surface area contributed by atoms with Crippen molar-refractivity contribution in [2.75, 3.05) is 36.0 Å². The van der Waals surface area contributed by atoms with Crippen molar-refractivity contribution in [1.29, 1.82) is 0 Å². The minimum atomic E-state index is -0.0834. The van der Waals surface area contributed by atoms with Gasteiger partial charge in [0.05, 0.1) is 12.7 Å². The number of benzene rings is 1. The van der Waals surface area contributed by atoms with Gasteiger partial charge < -0.3 is 14.5 Å². The topological polar surface area (TPSA) is 61.5 Å². The summed E-state index contributed by atoms with van der Waals surface area (Å²) in [7, 11) is 0. The number of nitrogens with zero attached hydrogens (tertiary/aromatic N) is 3. The normalized spacial score (nSPS) is 25.7. The van der Waals surface area contributed by atoms with E-state index >= 15 is 0 Å². The van der Waals surface area contributed by atoms with Gasteiger partial charge in [0.25, 0.3) is 5.56 Å². The van der Waals surface area contributed by atoms with Crippen LogP contribution in [0.1, 0.15) is 38.7 Å². The number of hydrogen-bond donors (Lipinski definition) is 1. The predicted octanol–water partition coefficient (Wildman–Crippen LogP) is 3.23.